The van der Waals surface area contributed by atoms with Crippen molar-refractivity contribution < 1.29 is 18.0 Å². The van der Waals surface area contributed by atoms with Crippen molar-refractivity contribution in [3.05, 3.63) is 77.6 Å². The van der Waals surface area contributed by atoms with Crippen LogP contribution in [0.15, 0.2) is 71.2 Å². The van der Waals surface area contributed by atoms with Gasteiger partial charge in [-0.15, -0.1) is 28.5 Å². The first-order valence-electron chi connectivity index (χ1n) is 10.3. The fourth-order valence-electron chi connectivity index (χ4n) is 2.95. The monoisotopic (exact) mass is 526 g/mol. The molecule has 0 spiro atoms. The van der Waals surface area contributed by atoms with E-state index in [4.69, 9.17) is 11.6 Å². The average Bonchev–Trinajstić information content (AvgIpc) is 3.18. The third-order valence-electron chi connectivity index (χ3n) is 4.68. The molecule has 180 valence electrons. The molecule has 0 radical (unpaired) electrons. The SMILES string of the molecule is C=CCn1c(CSc2ccccc2)nnc1SC(CC)C(=O)Nc1cc(C(F)(F)F)ccc1Cl. The van der Waals surface area contributed by atoms with Crippen LogP contribution in [-0.2, 0) is 23.3 Å². The van der Waals surface area contributed by atoms with Crippen LogP contribution in [0.4, 0.5) is 18.9 Å². The second kappa shape index (κ2) is 11.8. The summed E-state index contributed by atoms with van der Waals surface area (Å²) in [6.45, 7) is 6.05. The number of aromatic nitrogens is 3. The van der Waals surface area contributed by atoms with Crippen molar-refractivity contribution in [1.82, 2.24) is 14.8 Å². The number of carbonyl (C=O) groups is 1. The number of thioether (sulfide) groups is 2. The highest BCUT2D eigenvalue weighted by Gasteiger charge is 2.31. The standard InChI is InChI=1S/C23H22ClF3N4OS2/c1-3-12-31-20(14-33-16-8-6-5-7-9-16)29-30-22(31)34-19(4-2)21(32)28-18-13-15(23(25,26)27)10-11-17(18)24/h3,5-11,13,19H,1,4,12,14H2,2H3,(H,28,32). The third kappa shape index (κ3) is 6.80. The highest BCUT2D eigenvalue weighted by atomic mass is 35.5. The average molecular weight is 527 g/mol. The number of hydrogen-bond acceptors (Lipinski definition) is 5. The second-order valence-corrected chi connectivity index (χ2v) is 9.72. The van der Waals surface area contributed by atoms with Crippen LogP contribution >= 0.6 is 35.1 Å². The molecule has 1 unspecified atom stereocenters. The minimum Gasteiger partial charge on any atom is -0.324 e. The van der Waals surface area contributed by atoms with Crippen LogP contribution in [0.25, 0.3) is 0 Å². The van der Waals surface area contributed by atoms with Gasteiger partial charge in [-0.25, -0.2) is 0 Å². The molecule has 2 aromatic carbocycles. The molecule has 0 saturated heterocycles. The molecule has 0 aliphatic heterocycles. The Morgan fingerprint density at radius 3 is 2.62 bits per heavy atom. The Morgan fingerprint density at radius 2 is 1.97 bits per heavy atom. The molecule has 1 N–H and O–H groups in total. The maximum atomic E-state index is 13.1. The number of carbonyl (C=O) groups excluding carboxylic acids is 1. The number of rotatable bonds is 10. The lowest BCUT2D eigenvalue weighted by atomic mass is 10.2. The zero-order valence-electron chi connectivity index (χ0n) is 18.2. The predicted molar refractivity (Wildman–Crippen MR) is 131 cm³/mol. The number of halogens is 4. The largest absolute Gasteiger partial charge is 0.416 e. The van der Waals surface area contributed by atoms with Crippen LogP contribution in [0.5, 0.6) is 0 Å². The molecule has 0 aliphatic carbocycles. The predicted octanol–water partition coefficient (Wildman–Crippen LogP) is 6.94. The smallest absolute Gasteiger partial charge is 0.324 e. The van der Waals surface area contributed by atoms with Gasteiger partial charge < -0.3 is 9.88 Å². The van der Waals surface area contributed by atoms with Crippen molar-refractivity contribution in [2.24, 2.45) is 0 Å². The molecule has 34 heavy (non-hydrogen) atoms. The number of hydrogen-bond donors (Lipinski definition) is 1. The van der Waals surface area contributed by atoms with Crippen LogP contribution in [0.1, 0.15) is 24.7 Å². The Kier molecular flexibility index (Phi) is 9.10. The molecular weight excluding hydrogens is 505 g/mol. The summed E-state index contributed by atoms with van der Waals surface area (Å²) < 4.78 is 41.0. The summed E-state index contributed by atoms with van der Waals surface area (Å²) in [4.78, 5) is 14.0. The molecule has 1 amide bonds. The van der Waals surface area contributed by atoms with E-state index in [1.165, 1.54) is 11.8 Å². The molecule has 1 atom stereocenters. The number of nitrogens with zero attached hydrogens (tertiary/aromatic N) is 3. The maximum absolute atomic E-state index is 13.1. The second-order valence-electron chi connectivity index (χ2n) is 7.10. The van der Waals surface area contributed by atoms with Gasteiger partial charge in [0.15, 0.2) is 5.16 Å². The van der Waals surface area contributed by atoms with Crippen molar-refractivity contribution >= 4 is 46.7 Å². The molecule has 0 bridgehead atoms. The topological polar surface area (TPSA) is 59.8 Å². The molecule has 0 saturated carbocycles. The van der Waals surface area contributed by atoms with Crippen LogP contribution in [0.3, 0.4) is 0 Å². The number of anilines is 1. The number of amides is 1. The minimum atomic E-state index is -4.54. The fraction of sp³-hybridized carbons (Fsp3) is 0.261. The molecule has 3 aromatic rings. The summed E-state index contributed by atoms with van der Waals surface area (Å²) in [7, 11) is 0. The van der Waals surface area contributed by atoms with Gasteiger partial charge in [-0.2, -0.15) is 13.2 Å². The number of alkyl halides is 3. The Morgan fingerprint density at radius 1 is 1.24 bits per heavy atom. The van der Waals surface area contributed by atoms with E-state index in [1.807, 2.05) is 41.8 Å². The van der Waals surface area contributed by atoms with Crippen LogP contribution in [-0.4, -0.2) is 25.9 Å². The van der Waals surface area contributed by atoms with Crippen molar-refractivity contribution in [2.45, 2.75) is 47.1 Å². The molecule has 0 fully saturated rings. The fourth-order valence-corrected chi connectivity index (χ4v) is 4.96. The van der Waals surface area contributed by atoms with E-state index in [0.29, 0.717) is 23.9 Å². The molecule has 3 rings (SSSR count). The van der Waals surface area contributed by atoms with E-state index < -0.39 is 22.9 Å². The van der Waals surface area contributed by atoms with Gasteiger partial charge in [-0.3, -0.25) is 4.79 Å². The highest BCUT2D eigenvalue weighted by Crippen LogP contribution is 2.35. The lowest BCUT2D eigenvalue weighted by Crippen LogP contribution is -2.25. The van der Waals surface area contributed by atoms with Crippen LogP contribution in [0, 0.1) is 0 Å². The van der Waals surface area contributed by atoms with E-state index in [2.05, 4.69) is 22.1 Å². The van der Waals surface area contributed by atoms with Gasteiger partial charge in [0.25, 0.3) is 0 Å². The molecule has 11 heteroatoms. The van der Waals surface area contributed by atoms with Crippen molar-refractivity contribution in [2.75, 3.05) is 5.32 Å². The third-order valence-corrected chi connectivity index (χ3v) is 7.36. The van der Waals surface area contributed by atoms with E-state index in [-0.39, 0.29) is 10.7 Å². The first-order chi connectivity index (χ1) is 16.2. The van der Waals surface area contributed by atoms with Gasteiger partial charge in [-0.05, 0) is 36.8 Å². The molecule has 5 nitrogen and oxygen atoms in total. The highest BCUT2D eigenvalue weighted by molar-refractivity contribution is 8.00. The van der Waals surface area contributed by atoms with Gasteiger partial charge in [0.05, 0.1) is 27.3 Å². The maximum Gasteiger partial charge on any atom is 0.416 e. The molecule has 0 aliphatic rings. The zero-order chi connectivity index (χ0) is 24.7. The van der Waals surface area contributed by atoms with Gasteiger partial charge in [0.2, 0.25) is 5.91 Å². The van der Waals surface area contributed by atoms with E-state index in [1.54, 1.807) is 17.8 Å². The molecule has 1 aromatic heterocycles. The summed E-state index contributed by atoms with van der Waals surface area (Å²) >= 11 is 8.83. The minimum absolute atomic E-state index is 0.0243. The number of benzene rings is 2. The number of allylic oxidation sites excluding steroid dienone is 1. The first kappa shape index (κ1) is 26.2. The Hall–Kier alpha value is -2.43. The Balaban J connectivity index is 1.75. The summed E-state index contributed by atoms with van der Waals surface area (Å²) in [5.74, 6) is 0.836. The van der Waals surface area contributed by atoms with Crippen LogP contribution < -0.4 is 5.32 Å². The summed E-state index contributed by atoms with van der Waals surface area (Å²) in [6.07, 6.45) is -2.41. The lowest BCUT2D eigenvalue weighted by molar-refractivity contribution is -0.137. The Labute approximate surface area is 209 Å². The van der Waals surface area contributed by atoms with Crippen molar-refractivity contribution in [3.8, 4) is 0 Å². The normalized spacial score (nSPS) is 12.4. The molecule has 1 heterocycles. The van der Waals surface area contributed by atoms with E-state index in [9.17, 15) is 18.0 Å². The van der Waals surface area contributed by atoms with Gasteiger partial charge in [0.1, 0.15) is 5.82 Å². The summed E-state index contributed by atoms with van der Waals surface area (Å²) in [6, 6.07) is 12.7. The molecular formula is C23H22ClF3N4OS2. The van der Waals surface area contributed by atoms with Gasteiger partial charge in [-0.1, -0.05) is 54.6 Å². The van der Waals surface area contributed by atoms with E-state index >= 15 is 0 Å². The first-order valence-corrected chi connectivity index (χ1v) is 12.5. The quantitative estimate of drug-likeness (QED) is 0.229. The van der Waals surface area contributed by atoms with Crippen LogP contribution in [0.2, 0.25) is 5.02 Å². The lowest BCUT2D eigenvalue weighted by Gasteiger charge is -2.17. The Bertz CT molecular complexity index is 1140. The van der Waals surface area contributed by atoms with Crippen molar-refractivity contribution in [3.63, 3.8) is 0 Å². The number of nitrogens with one attached hydrogen (secondary N) is 1. The summed E-state index contributed by atoms with van der Waals surface area (Å²) in [5.41, 5.74) is -0.979. The van der Waals surface area contributed by atoms with Gasteiger partial charge in [0, 0.05) is 11.4 Å². The van der Waals surface area contributed by atoms with Gasteiger partial charge >= 0.3 is 6.18 Å². The summed E-state index contributed by atoms with van der Waals surface area (Å²) in [5, 5.41) is 11.0. The van der Waals surface area contributed by atoms with E-state index in [0.717, 1.165) is 28.9 Å². The zero-order valence-corrected chi connectivity index (χ0v) is 20.6. The van der Waals surface area contributed by atoms with Crippen molar-refractivity contribution in [1.29, 1.82) is 0 Å².